The third kappa shape index (κ3) is 1.10. The fourth-order valence-electron chi connectivity index (χ4n) is 1.85. The number of likely N-dealkylation sites (tertiary alicyclic amines) is 1. The summed E-state index contributed by atoms with van der Waals surface area (Å²) in [6, 6.07) is 0.576. The Hall–Kier alpha value is -0.300. The molecule has 1 rings (SSSR count). The third-order valence-electron chi connectivity index (χ3n) is 2.61. The molecule has 1 aliphatic heterocycles. The van der Waals surface area contributed by atoms with E-state index in [4.69, 9.17) is 0 Å². The summed E-state index contributed by atoms with van der Waals surface area (Å²) in [4.78, 5) is 2.37. The van der Waals surface area contributed by atoms with Gasteiger partial charge in [-0.1, -0.05) is 19.9 Å². The van der Waals surface area contributed by atoms with E-state index in [1.807, 2.05) is 0 Å². The Morgan fingerprint density at radius 2 is 2.20 bits per heavy atom. The van der Waals surface area contributed by atoms with Crippen LogP contribution in [0.15, 0.2) is 12.7 Å². The van der Waals surface area contributed by atoms with Crippen molar-refractivity contribution in [2.24, 2.45) is 5.41 Å². The summed E-state index contributed by atoms with van der Waals surface area (Å²) in [5.74, 6) is 0. The average molecular weight is 139 g/mol. The lowest BCUT2D eigenvalue weighted by Gasteiger charge is -2.27. The van der Waals surface area contributed by atoms with Gasteiger partial charge < -0.3 is 0 Å². The normalized spacial score (nSPS) is 32.5. The van der Waals surface area contributed by atoms with Crippen LogP contribution in [-0.2, 0) is 0 Å². The van der Waals surface area contributed by atoms with Crippen molar-refractivity contribution in [2.45, 2.75) is 26.3 Å². The van der Waals surface area contributed by atoms with Crippen molar-refractivity contribution in [2.75, 3.05) is 13.6 Å². The lowest BCUT2D eigenvalue weighted by molar-refractivity contribution is 0.261. The predicted octanol–water partition coefficient (Wildman–Crippen LogP) is 1.90. The molecule has 0 saturated carbocycles. The summed E-state index contributed by atoms with van der Waals surface area (Å²) in [6.45, 7) is 9.68. The minimum Gasteiger partial charge on any atom is -0.299 e. The van der Waals surface area contributed by atoms with Crippen LogP contribution in [0.4, 0.5) is 0 Å². The van der Waals surface area contributed by atoms with E-state index in [1.165, 1.54) is 13.0 Å². The van der Waals surface area contributed by atoms with E-state index in [9.17, 15) is 0 Å². The first kappa shape index (κ1) is 7.80. The van der Waals surface area contributed by atoms with Crippen LogP contribution < -0.4 is 0 Å². The first-order chi connectivity index (χ1) is 4.58. The number of hydrogen-bond acceptors (Lipinski definition) is 1. The summed E-state index contributed by atoms with van der Waals surface area (Å²) >= 11 is 0. The molecule has 0 aromatic heterocycles. The molecule has 10 heavy (non-hydrogen) atoms. The molecule has 0 N–H and O–H groups in total. The van der Waals surface area contributed by atoms with Gasteiger partial charge in [0, 0.05) is 6.04 Å². The van der Waals surface area contributed by atoms with Crippen molar-refractivity contribution >= 4 is 0 Å². The van der Waals surface area contributed by atoms with Crippen molar-refractivity contribution in [3.63, 3.8) is 0 Å². The smallest absolute Gasteiger partial charge is 0.0324 e. The summed E-state index contributed by atoms with van der Waals surface area (Å²) in [6.07, 6.45) is 3.35. The zero-order valence-electron chi connectivity index (χ0n) is 7.22. The minimum atomic E-state index is 0.441. The molecule has 0 bridgehead atoms. The molecule has 1 nitrogen and oxygen atoms in total. The highest BCUT2D eigenvalue weighted by Gasteiger charge is 2.35. The monoisotopic (exact) mass is 139 g/mol. The van der Waals surface area contributed by atoms with Gasteiger partial charge in [0.25, 0.3) is 0 Å². The van der Waals surface area contributed by atoms with Gasteiger partial charge in [-0.3, -0.25) is 4.90 Å². The van der Waals surface area contributed by atoms with Crippen molar-refractivity contribution < 1.29 is 0 Å². The zero-order valence-corrected chi connectivity index (χ0v) is 7.22. The van der Waals surface area contributed by atoms with Gasteiger partial charge in [0.05, 0.1) is 0 Å². The first-order valence-electron chi connectivity index (χ1n) is 3.91. The molecule has 0 amide bonds. The predicted molar refractivity (Wildman–Crippen MR) is 45.0 cm³/mol. The van der Waals surface area contributed by atoms with Gasteiger partial charge in [0.2, 0.25) is 0 Å². The molecule has 0 aromatic carbocycles. The molecule has 0 radical (unpaired) electrons. The highest BCUT2D eigenvalue weighted by Crippen LogP contribution is 2.35. The SMILES string of the molecule is C=CC1N(C)CCC1(C)C. The Labute approximate surface area is 63.7 Å². The Bertz CT molecular complexity index is 138. The van der Waals surface area contributed by atoms with Gasteiger partial charge in [0.1, 0.15) is 0 Å². The quantitative estimate of drug-likeness (QED) is 0.501. The van der Waals surface area contributed by atoms with Gasteiger partial charge in [-0.05, 0) is 25.4 Å². The summed E-state index contributed by atoms with van der Waals surface area (Å²) < 4.78 is 0. The van der Waals surface area contributed by atoms with Crippen molar-refractivity contribution in [1.82, 2.24) is 4.90 Å². The van der Waals surface area contributed by atoms with E-state index < -0.39 is 0 Å². The molecule has 1 atom stereocenters. The van der Waals surface area contributed by atoms with Crippen molar-refractivity contribution in [3.05, 3.63) is 12.7 Å². The van der Waals surface area contributed by atoms with Crippen LogP contribution >= 0.6 is 0 Å². The Morgan fingerprint density at radius 3 is 2.40 bits per heavy atom. The molecule has 1 unspecified atom stereocenters. The Balaban J connectivity index is 2.72. The van der Waals surface area contributed by atoms with Gasteiger partial charge in [-0.15, -0.1) is 6.58 Å². The standard InChI is InChI=1S/C9H17N/c1-5-8-9(2,3)6-7-10(8)4/h5,8H,1,6-7H2,2-4H3. The van der Waals surface area contributed by atoms with Crippen LogP contribution in [-0.4, -0.2) is 24.5 Å². The summed E-state index contributed by atoms with van der Waals surface area (Å²) in [5.41, 5.74) is 0.441. The largest absolute Gasteiger partial charge is 0.299 e. The van der Waals surface area contributed by atoms with Crippen molar-refractivity contribution in [3.8, 4) is 0 Å². The summed E-state index contributed by atoms with van der Waals surface area (Å²) in [7, 11) is 2.17. The molecule has 0 aliphatic carbocycles. The maximum absolute atomic E-state index is 3.85. The maximum Gasteiger partial charge on any atom is 0.0324 e. The molecule has 0 spiro atoms. The maximum atomic E-state index is 3.85. The summed E-state index contributed by atoms with van der Waals surface area (Å²) in [5, 5.41) is 0. The molecule has 58 valence electrons. The number of likely N-dealkylation sites (N-methyl/N-ethyl adjacent to an activating group) is 1. The average Bonchev–Trinajstić information content (AvgIpc) is 2.07. The van der Waals surface area contributed by atoms with Crippen LogP contribution in [0.1, 0.15) is 20.3 Å². The van der Waals surface area contributed by atoms with Crippen molar-refractivity contribution in [1.29, 1.82) is 0 Å². The van der Waals surface area contributed by atoms with E-state index >= 15 is 0 Å². The van der Waals surface area contributed by atoms with E-state index in [0.717, 1.165) is 0 Å². The highest BCUT2D eigenvalue weighted by atomic mass is 15.2. The molecule has 1 aliphatic rings. The van der Waals surface area contributed by atoms with E-state index in [0.29, 0.717) is 11.5 Å². The fraction of sp³-hybridized carbons (Fsp3) is 0.778. The second-order valence-electron chi connectivity index (χ2n) is 3.90. The van der Waals surface area contributed by atoms with Crippen LogP contribution in [0.25, 0.3) is 0 Å². The topological polar surface area (TPSA) is 3.24 Å². The second-order valence-corrected chi connectivity index (χ2v) is 3.90. The Kier molecular flexibility index (Phi) is 1.86. The fourth-order valence-corrected chi connectivity index (χ4v) is 1.85. The van der Waals surface area contributed by atoms with Crippen LogP contribution in [0, 0.1) is 5.41 Å². The second kappa shape index (κ2) is 2.39. The van der Waals surface area contributed by atoms with E-state index in [2.05, 4.69) is 38.5 Å². The molecular weight excluding hydrogens is 122 g/mol. The van der Waals surface area contributed by atoms with Gasteiger partial charge in [-0.2, -0.15) is 0 Å². The van der Waals surface area contributed by atoms with E-state index in [-0.39, 0.29) is 0 Å². The lowest BCUT2D eigenvalue weighted by atomic mass is 9.85. The van der Waals surface area contributed by atoms with Gasteiger partial charge >= 0.3 is 0 Å². The first-order valence-corrected chi connectivity index (χ1v) is 3.91. The third-order valence-corrected chi connectivity index (χ3v) is 2.61. The van der Waals surface area contributed by atoms with Crippen LogP contribution in [0.5, 0.6) is 0 Å². The number of hydrogen-bond donors (Lipinski definition) is 0. The molecule has 1 saturated heterocycles. The minimum absolute atomic E-state index is 0.441. The van der Waals surface area contributed by atoms with Gasteiger partial charge in [-0.25, -0.2) is 0 Å². The van der Waals surface area contributed by atoms with Crippen LogP contribution in [0.3, 0.4) is 0 Å². The Morgan fingerprint density at radius 1 is 1.60 bits per heavy atom. The van der Waals surface area contributed by atoms with Crippen LogP contribution in [0.2, 0.25) is 0 Å². The lowest BCUT2D eigenvalue weighted by Crippen LogP contribution is -2.31. The van der Waals surface area contributed by atoms with E-state index in [1.54, 1.807) is 0 Å². The number of nitrogens with zero attached hydrogens (tertiary/aromatic N) is 1. The molecule has 1 fully saturated rings. The van der Waals surface area contributed by atoms with Gasteiger partial charge in [0.15, 0.2) is 0 Å². The number of rotatable bonds is 1. The zero-order chi connectivity index (χ0) is 7.78. The molecular formula is C9H17N. The molecule has 1 heterocycles. The molecule has 1 heteroatoms. The highest BCUT2D eigenvalue weighted by molar-refractivity contribution is 5.01. The molecule has 0 aromatic rings.